The second-order valence-corrected chi connectivity index (χ2v) is 6.87. The number of aromatic nitrogens is 3. The second kappa shape index (κ2) is 6.51. The van der Waals surface area contributed by atoms with Crippen LogP contribution in [0, 0.1) is 6.92 Å². The third-order valence-corrected chi connectivity index (χ3v) is 5.08. The molecule has 8 heteroatoms. The van der Waals surface area contributed by atoms with Crippen LogP contribution in [0.2, 0.25) is 0 Å². The van der Waals surface area contributed by atoms with Crippen molar-refractivity contribution in [3.63, 3.8) is 0 Å². The summed E-state index contributed by atoms with van der Waals surface area (Å²) in [6.07, 6.45) is 7.58. The summed E-state index contributed by atoms with van der Waals surface area (Å²) in [6.45, 7) is 6.36. The van der Waals surface area contributed by atoms with Gasteiger partial charge in [-0.05, 0) is 6.42 Å². The van der Waals surface area contributed by atoms with Crippen molar-refractivity contribution in [3.8, 4) is 0 Å². The van der Waals surface area contributed by atoms with Gasteiger partial charge in [-0.3, -0.25) is 9.58 Å². The van der Waals surface area contributed by atoms with Crippen LogP contribution >= 0.6 is 0 Å². The molecule has 2 aliphatic rings. The van der Waals surface area contributed by atoms with Gasteiger partial charge in [0.25, 0.3) is 0 Å². The van der Waals surface area contributed by atoms with E-state index in [0.717, 1.165) is 62.9 Å². The first-order valence-corrected chi connectivity index (χ1v) is 8.80. The Bertz CT molecular complexity index is 754. The molecule has 0 aromatic carbocycles. The topological polar surface area (TPSA) is 70.6 Å². The number of carbonyl (C=O) groups excluding carboxylic acids is 1. The molecule has 0 saturated carbocycles. The van der Waals surface area contributed by atoms with Crippen LogP contribution in [-0.2, 0) is 6.42 Å². The number of aryl methyl sites for hydroxylation is 1. The minimum Gasteiger partial charge on any atom is -0.446 e. The minimum absolute atomic E-state index is 0.0509. The molecule has 4 heterocycles. The van der Waals surface area contributed by atoms with Crippen LogP contribution in [0.4, 0.5) is 10.5 Å². The van der Waals surface area contributed by atoms with E-state index in [1.54, 1.807) is 16.0 Å². The quantitative estimate of drug-likeness (QED) is 0.823. The molecule has 2 aliphatic heterocycles. The highest BCUT2D eigenvalue weighted by Gasteiger charge is 2.29. The Morgan fingerprint density at radius 2 is 2.16 bits per heavy atom. The highest BCUT2D eigenvalue weighted by atomic mass is 16.4. The van der Waals surface area contributed by atoms with Crippen LogP contribution < -0.4 is 4.90 Å². The van der Waals surface area contributed by atoms with Gasteiger partial charge in [0.2, 0.25) is 0 Å². The highest BCUT2D eigenvalue weighted by molar-refractivity contribution is 5.93. The molecule has 1 atom stereocenters. The molecule has 0 radical (unpaired) electrons. The van der Waals surface area contributed by atoms with Crippen LogP contribution in [0.15, 0.2) is 23.0 Å². The Morgan fingerprint density at radius 1 is 1.28 bits per heavy atom. The van der Waals surface area contributed by atoms with E-state index in [9.17, 15) is 4.79 Å². The van der Waals surface area contributed by atoms with E-state index in [0.29, 0.717) is 6.04 Å². The summed E-state index contributed by atoms with van der Waals surface area (Å²) in [5.74, 6) is 1.67. The third kappa shape index (κ3) is 3.26. The maximum atomic E-state index is 12.1. The van der Waals surface area contributed by atoms with E-state index in [-0.39, 0.29) is 6.03 Å². The summed E-state index contributed by atoms with van der Waals surface area (Å²) in [7, 11) is 1.83. The van der Waals surface area contributed by atoms with Crippen molar-refractivity contribution < 1.29 is 9.21 Å². The fourth-order valence-corrected chi connectivity index (χ4v) is 3.57. The molecule has 0 bridgehead atoms. The number of amides is 2. The largest absolute Gasteiger partial charge is 0.446 e. The van der Waals surface area contributed by atoms with Gasteiger partial charge in [-0.15, -0.1) is 0 Å². The van der Waals surface area contributed by atoms with E-state index in [1.165, 1.54) is 0 Å². The standard InChI is InChI=1S/C17H24N6O2/c1-13-18-10-16(25-13)4-6-21-5-3-14(11-21)23-12-15(9-19-23)22-8-7-20(2)17(22)24/h9-10,12,14H,3-8,11H2,1-2H3. The number of hydrogen-bond donors (Lipinski definition) is 0. The van der Waals surface area contributed by atoms with Gasteiger partial charge in [-0.2, -0.15) is 5.10 Å². The van der Waals surface area contributed by atoms with Crippen LogP contribution in [0.25, 0.3) is 0 Å². The summed E-state index contributed by atoms with van der Waals surface area (Å²) in [4.78, 5) is 22.2. The van der Waals surface area contributed by atoms with Gasteiger partial charge in [-0.1, -0.05) is 0 Å². The first kappa shape index (κ1) is 16.1. The Hall–Kier alpha value is -2.35. The Balaban J connectivity index is 1.33. The summed E-state index contributed by atoms with van der Waals surface area (Å²) in [5.41, 5.74) is 0.893. The number of likely N-dealkylation sites (tertiary alicyclic amines) is 1. The number of anilines is 1. The lowest BCUT2D eigenvalue weighted by atomic mass is 10.3. The molecule has 2 aromatic heterocycles. The molecule has 2 fully saturated rings. The van der Waals surface area contributed by atoms with Crippen LogP contribution in [0.3, 0.4) is 0 Å². The number of likely N-dealkylation sites (N-methyl/N-ethyl adjacent to an activating group) is 1. The predicted octanol–water partition coefficient (Wildman–Crippen LogP) is 1.54. The first-order chi connectivity index (χ1) is 12.1. The monoisotopic (exact) mass is 344 g/mol. The van der Waals surface area contributed by atoms with Crippen molar-refractivity contribution in [1.82, 2.24) is 24.6 Å². The van der Waals surface area contributed by atoms with Crippen molar-refractivity contribution in [3.05, 3.63) is 30.2 Å². The molecule has 2 saturated heterocycles. The molecule has 134 valence electrons. The molecule has 25 heavy (non-hydrogen) atoms. The summed E-state index contributed by atoms with van der Waals surface area (Å²) in [5, 5.41) is 4.51. The second-order valence-electron chi connectivity index (χ2n) is 6.87. The maximum absolute atomic E-state index is 12.1. The van der Waals surface area contributed by atoms with Crippen molar-refractivity contribution >= 4 is 11.7 Å². The summed E-state index contributed by atoms with van der Waals surface area (Å²) < 4.78 is 7.55. The Morgan fingerprint density at radius 3 is 2.88 bits per heavy atom. The number of hydrogen-bond acceptors (Lipinski definition) is 5. The van der Waals surface area contributed by atoms with Gasteiger partial charge < -0.3 is 14.2 Å². The van der Waals surface area contributed by atoms with Gasteiger partial charge in [0.05, 0.1) is 24.1 Å². The van der Waals surface area contributed by atoms with Crippen LogP contribution in [0.1, 0.15) is 24.1 Å². The first-order valence-electron chi connectivity index (χ1n) is 8.80. The molecule has 8 nitrogen and oxygen atoms in total. The highest BCUT2D eigenvalue weighted by Crippen LogP contribution is 2.25. The molecular weight excluding hydrogens is 320 g/mol. The molecule has 2 amide bonds. The zero-order chi connectivity index (χ0) is 17.4. The SMILES string of the molecule is Cc1ncc(CCN2CCC(n3cc(N4CCN(C)C4=O)cn3)C2)o1. The fourth-order valence-electron chi connectivity index (χ4n) is 3.57. The fraction of sp³-hybridized carbons (Fsp3) is 0.588. The number of rotatable bonds is 5. The van der Waals surface area contributed by atoms with E-state index in [2.05, 4.69) is 15.0 Å². The molecule has 1 unspecified atom stereocenters. The van der Waals surface area contributed by atoms with Gasteiger partial charge in [0, 0.05) is 59.3 Å². The summed E-state index contributed by atoms with van der Waals surface area (Å²) >= 11 is 0. The molecule has 4 rings (SSSR count). The van der Waals surface area contributed by atoms with E-state index < -0.39 is 0 Å². The van der Waals surface area contributed by atoms with Crippen molar-refractivity contribution in [1.29, 1.82) is 0 Å². The van der Waals surface area contributed by atoms with E-state index in [4.69, 9.17) is 4.42 Å². The van der Waals surface area contributed by atoms with Gasteiger partial charge in [0.1, 0.15) is 5.76 Å². The van der Waals surface area contributed by atoms with E-state index in [1.807, 2.05) is 31.0 Å². The Labute approximate surface area is 147 Å². The smallest absolute Gasteiger partial charge is 0.324 e. The van der Waals surface area contributed by atoms with Crippen LogP contribution in [0.5, 0.6) is 0 Å². The molecule has 0 aliphatic carbocycles. The predicted molar refractivity (Wildman–Crippen MR) is 92.6 cm³/mol. The molecule has 2 aromatic rings. The van der Waals surface area contributed by atoms with Gasteiger partial charge in [-0.25, -0.2) is 9.78 Å². The lowest BCUT2D eigenvalue weighted by molar-refractivity contribution is 0.229. The average molecular weight is 344 g/mol. The van der Waals surface area contributed by atoms with Gasteiger partial charge >= 0.3 is 6.03 Å². The average Bonchev–Trinajstić information content (AvgIpc) is 3.35. The number of nitrogens with zero attached hydrogens (tertiary/aromatic N) is 6. The number of carbonyl (C=O) groups is 1. The summed E-state index contributed by atoms with van der Waals surface area (Å²) in [6, 6.07) is 0.413. The zero-order valence-corrected chi connectivity index (χ0v) is 14.8. The Kier molecular flexibility index (Phi) is 4.20. The minimum atomic E-state index is 0.0509. The number of oxazole rings is 1. The van der Waals surface area contributed by atoms with Crippen molar-refractivity contribution in [2.75, 3.05) is 44.7 Å². The lowest BCUT2D eigenvalue weighted by Gasteiger charge is -2.16. The molecule has 0 spiro atoms. The lowest BCUT2D eigenvalue weighted by Crippen LogP contribution is -2.28. The zero-order valence-electron chi connectivity index (χ0n) is 14.8. The van der Waals surface area contributed by atoms with Crippen LogP contribution in [-0.4, -0.2) is 70.4 Å². The third-order valence-electron chi connectivity index (χ3n) is 5.08. The van der Waals surface area contributed by atoms with Crippen molar-refractivity contribution in [2.45, 2.75) is 25.8 Å². The number of urea groups is 1. The van der Waals surface area contributed by atoms with Gasteiger partial charge in [0.15, 0.2) is 5.89 Å². The normalized spacial score (nSPS) is 21.7. The van der Waals surface area contributed by atoms with E-state index >= 15 is 0 Å². The van der Waals surface area contributed by atoms with Crippen molar-refractivity contribution in [2.24, 2.45) is 0 Å². The maximum Gasteiger partial charge on any atom is 0.324 e. The molecular formula is C17H24N6O2. The molecule has 0 N–H and O–H groups in total.